The van der Waals surface area contributed by atoms with Crippen LogP contribution in [0.4, 0.5) is 0 Å². The first kappa shape index (κ1) is 75.7. The van der Waals surface area contributed by atoms with Gasteiger partial charge < -0.3 is 20.1 Å². The lowest BCUT2D eigenvalue weighted by molar-refractivity contribution is -0.161. The maximum atomic E-state index is 12.7. The van der Waals surface area contributed by atoms with Crippen molar-refractivity contribution in [3.05, 3.63) is 109 Å². The molecule has 10 heteroatoms. The van der Waals surface area contributed by atoms with Crippen LogP contribution in [0.3, 0.4) is 0 Å². The molecule has 9 nitrogen and oxygen atoms in total. The largest absolute Gasteiger partial charge is 0.472 e. The molecule has 0 aromatic carbocycles. The molecule has 0 aliphatic carbocycles. The molecule has 0 spiro atoms. The van der Waals surface area contributed by atoms with Gasteiger partial charge in [-0.1, -0.05) is 284 Å². The average Bonchev–Trinajstić information content (AvgIpc) is 3.44. The van der Waals surface area contributed by atoms with E-state index in [1.165, 1.54) is 141 Å². The summed E-state index contributed by atoms with van der Waals surface area (Å²) in [4.78, 5) is 35.3. The number of ether oxygens (including phenoxy) is 2. The Morgan fingerprint density at radius 2 is 0.658 bits per heavy atom. The second-order valence-corrected chi connectivity index (χ2v) is 22.7. The highest BCUT2D eigenvalue weighted by molar-refractivity contribution is 7.47. The monoisotopic (exact) mass is 1120 g/mol. The number of unbranched alkanes of at least 4 members (excludes halogenated alkanes) is 29. The summed E-state index contributed by atoms with van der Waals surface area (Å²) in [6, 6.07) is 0. The predicted molar refractivity (Wildman–Crippen MR) is 339 cm³/mol. The summed E-state index contributed by atoms with van der Waals surface area (Å²) in [5.41, 5.74) is 5.39. The van der Waals surface area contributed by atoms with Crippen molar-refractivity contribution in [2.45, 2.75) is 290 Å². The molecule has 0 heterocycles. The molecule has 3 N–H and O–H groups in total. The number of allylic oxidation sites excluding steroid dienone is 18. The minimum atomic E-state index is -4.40. The van der Waals surface area contributed by atoms with Crippen LogP contribution in [-0.2, 0) is 32.7 Å². The van der Waals surface area contributed by atoms with Crippen LogP contribution in [0.2, 0.25) is 0 Å². The van der Waals surface area contributed by atoms with E-state index in [0.29, 0.717) is 6.42 Å². The Hall–Kier alpha value is -3.33. The number of hydrogen-bond acceptors (Lipinski definition) is 8. The van der Waals surface area contributed by atoms with Crippen molar-refractivity contribution >= 4 is 19.8 Å². The van der Waals surface area contributed by atoms with Crippen molar-refractivity contribution in [2.24, 2.45) is 5.73 Å². The van der Waals surface area contributed by atoms with E-state index < -0.39 is 26.5 Å². The first-order valence-electron chi connectivity index (χ1n) is 32.4. The second-order valence-electron chi connectivity index (χ2n) is 21.2. The molecular formula is C69H120NO8P. The van der Waals surface area contributed by atoms with Crippen molar-refractivity contribution in [1.29, 1.82) is 0 Å². The first-order valence-corrected chi connectivity index (χ1v) is 33.9. The van der Waals surface area contributed by atoms with E-state index in [2.05, 4.69) is 123 Å². The molecule has 2 atom stereocenters. The third-order valence-corrected chi connectivity index (χ3v) is 14.6. The Kier molecular flexibility index (Phi) is 61.2. The van der Waals surface area contributed by atoms with Crippen LogP contribution in [0, 0.1) is 0 Å². The van der Waals surface area contributed by atoms with Gasteiger partial charge in [-0.3, -0.25) is 18.6 Å². The summed E-state index contributed by atoms with van der Waals surface area (Å²) in [6.45, 7) is 3.53. The molecular weight excluding hydrogens is 1000 g/mol. The van der Waals surface area contributed by atoms with E-state index in [4.69, 9.17) is 24.3 Å². The number of carbonyl (C=O) groups excluding carboxylic acids is 2. The van der Waals surface area contributed by atoms with E-state index in [-0.39, 0.29) is 38.6 Å². The fourth-order valence-corrected chi connectivity index (χ4v) is 9.72. The Morgan fingerprint density at radius 3 is 0.975 bits per heavy atom. The zero-order valence-electron chi connectivity index (χ0n) is 50.8. The Labute approximate surface area is 486 Å². The van der Waals surface area contributed by atoms with Crippen LogP contribution in [-0.4, -0.2) is 49.3 Å². The minimum absolute atomic E-state index is 0.0492. The fourth-order valence-electron chi connectivity index (χ4n) is 8.95. The summed E-state index contributed by atoms with van der Waals surface area (Å²) in [5, 5.41) is 0. The van der Waals surface area contributed by atoms with Crippen molar-refractivity contribution in [3.63, 3.8) is 0 Å². The lowest BCUT2D eigenvalue weighted by Gasteiger charge is -2.19. The zero-order valence-corrected chi connectivity index (χ0v) is 51.7. The Morgan fingerprint density at radius 1 is 0.380 bits per heavy atom. The molecule has 0 aliphatic rings. The molecule has 0 saturated heterocycles. The van der Waals surface area contributed by atoms with E-state index in [1.807, 2.05) is 0 Å². The molecule has 79 heavy (non-hydrogen) atoms. The topological polar surface area (TPSA) is 134 Å². The first-order chi connectivity index (χ1) is 38.8. The number of phosphoric acid groups is 1. The van der Waals surface area contributed by atoms with Crippen LogP contribution >= 0.6 is 7.82 Å². The van der Waals surface area contributed by atoms with Crippen molar-refractivity contribution in [1.82, 2.24) is 0 Å². The van der Waals surface area contributed by atoms with Gasteiger partial charge in [0.25, 0.3) is 0 Å². The predicted octanol–water partition coefficient (Wildman–Crippen LogP) is 21.0. The number of rotatable bonds is 60. The van der Waals surface area contributed by atoms with E-state index in [1.54, 1.807) is 0 Å². The van der Waals surface area contributed by atoms with Crippen LogP contribution < -0.4 is 5.73 Å². The normalized spacial score (nSPS) is 13.7. The highest BCUT2D eigenvalue weighted by Gasteiger charge is 2.26. The van der Waals surface area contributed by atoms with Gasteiger partial charge in [-0.05, 0) is 96.3 Å². The SMILES string of the molecule is CC/C=C\C/C=C\C/C=C\C/C=C\C/C=C\CCCCCCCCCCCCCCCCCCCCCCCC(=O)OC(COC(=O)CCCCCCCCCC/C=C\C/C=C\C/C=C\C/C=C\CC)COP(=O)(O)OCCN. The van der Waals surface area contributed by atoms with Gasteiger partial charge in [0.15, 0.2) is 6.10 Å². The Bertz CT molecular complexity index is 1660. The number of phosphoric ester groups is 1. The molecule has 0 fully saturated rings. The molecule has 0 bridgehead atoms. The van der Waals surface area contributed by atoms with Crippen LogP contribution in [0.15, 0.2) is 109 Å². The highest BCUT2D eigenvalue weighted by atomic mass is 31.2. The minimum Gasteiger partial charge on any atom is -0.462 e. The lowest BCUT2D eigenvalue weighted by atomic mass is 10.0. The summed E-state index contributed by atoms with van der Waals surface area (Å²) in [7, 11) is -4.40. The van der Waals surface area contributed by atoms with Gasteiger partial charge in [0.2, 0.25) is 0 Å². The van der Waals surface area contributed by atoms with Gasteiger partial charge in [-0.2, -0.15) is 0 Å². The molecule has 0 rings (SSSR count). The number of nitrogens with two attached hydrogens (primary N) is 1. The molecule has 0 saturated carbocycles. The smallest absolute Gasteiger partial charge is 0.462 e. The summed E-state index contributed by atoms with van der Waals surface area (Å²) in [6.07, 6.45) is 87.4. The summed E-state index contributed by atoms with van der Waals surface area (Å²) in [5.74, 6) is -0.832. The molecule has 0 aromatic heterocycles. The maximum Gasteiger partial charge on any atom is 0.472 e. The van der Waals surface area contributed by atoms with Gasteiger partial charge in [0.1, 0.15) is 6.61 Å². The van der Waals surface area contributed by atoms with Crippen LogP contribution in [0.25, 0.3) is 0 Å². The standard InChI is InChI=1S/C69H120NO8P/c1-3-5-7-9-11-13-15-17-19-21-23-25-26-27-28-29-30-31-32-33-34-35-36-37-38-39-40-42-44-46-48-50-52-54-56-58-60-62-69(72)78-67(66-77-79(73,74)76-64-63-70)65-75-68(71)61-59-57-55-53-51-49-47-45-43-41-24-22-20-18-16-14-12-10-8-6-4-2/h5-8,11-14,17-20,23-25,27-28,41,67H,3-4,9-10,15-16,21-22,26,29-40,42-66,70H2,1-2H3,(H,73,74)/b7-5-,8-6-,13-11-,14-12-,19-17-,20-18-,25-23-,28-27-,41-24-. The Balaban J connectivity index is 3.86. The molecule has 454 valence electrons. The number of hydrogen-bond donors (Lipinski definition) is 2. The van der Waals surface area contributed by atoms with Crippen LogP contribution in [0.1, 0.15) is 284 Å². The number of carbonyl (C=O) groups is 2. The van der Waals surface area contributed by atoms with E-state index in [0.717, 1.165) is 109 Å². The van der Waals surface area contributed by atoms with E-state index in [9.17, 15) is 19.0 Å². The van der Waals surface area contributed by atoms with Crippen molar-refractivity contribution in [2.75, 3.05) is 26.4 Å². The fraction of sp³-hybridized carbons (Fsp3) is 0.710. The highest BCUT2D eigenvalue weighted by Crippen LogP contribution is 2.43. The lowest BCUT2D eigenvalue weighted by Crippen LogP contribution is -2.29. The van der Waals surface area contributed by atoms with Gasteiger partial charge in [-0.25, -0.2) is 4.57 Å². The molecule has 2 unspecified atom stereocenters. The zero-order chi connectivity index (χ0) is 57.3. The van der Waals surface area contributed by atoms with Gasteiger partial charge in [0, 0.05) is 19.4 Å². The molecule has 0 aliphatic heterocycles. The summed E-state index contributed by atoms with van der Waals surface area (Å²) < 4.78 is 33.1. The van der Waals surface area contributed by atoms with Gasteiger partial charge in [0.05, 0.1) is 13.2 Å². The second kappa shape index (κ2) is 63.8. The van der Waals surface area contributed by atoms with Crippen molar-refractivity contribution in [3.8, 4) is 0 Å². The maximum absolute atomic E-state index is 12.7. The molecule has 0 radical (unpaired) electrons. The van der Waals surface area contributed by atoms with Crippen LogP contribution in [0.5, 0.6) is 0 Å². The van der Waals surface area contributed by atoms with Crippen molar-refractivity contribution < 1.29 is 37.6 Å². The number of esters is 2. The van der Waals surface area contributed by atoms with E-state index >= 15 is 0 Å². The quantitative estimate of drug-likeness (QED) is 0.0264. The summed E-state index contributed by atoms with van der Waals surface area (Å²) >= 11 is 0. The van der Waals surface area contributed by atoms with Gasteiger partial charge >= 0.3 is 19.8 Å². The van der Waals surface area contributed by atoms with Gasteiger partial charge in [-0.15, -0.1) is 0 Å². The third kappa shape index (κ3) is 63.7. The third-order valence-electron chi connectivity index (χ3n) is 13.7. The molecule has 0 aromatic rings. The average molecular weight is 1120 g/mol. The molecule has 0 amide bonds.